The van der Waals surface area contributed by atoms with Crippen LogP contribution >= 0.6 is 0 Å². The molecule has 3 atom stereocenters. The van der Waals surface area contributed by atoms with Gasteiger partial charge in [0.15, 0.2) is 0 Å². The lowest BCUT2D eigenvalue weighted by Crippen LogP contribution is -2.56. The van der Waals surface area contributed by atoms with Crippen molar-refractivity contribution in [2.45, 2.75) is 52.1 Å². The van der Waals surface area contributed by atoms with Gasteiger partial charge < -0.3 is 10.2 Å². The summed E-state index contributed by atoms with van der Waals surface area (Å²) >= 11 is 0. The Morgan fingerprint density at radius 2 is 2.14 bits per heavy atom. The van der Waals surface area contributed by atoms with Gasteiger partial charge in [-0.05, 0) is 19.4 Å². The maximum atomic E-state index is 3.67. The zero-order chi connectivity index (χ0) is 10.6. The van der Waals surface area contributed by atoms with Gasteiger partial charge in [-0.15, -0.1) is 0 Å². The third-order valence-electron chi connectivity index (χ3n) is 3.63. The number of hydrogen-bond acceptors (Lipinski definition) is 2. The van der Waals surface area contributed by atoms with Crippen molar-refractivity contribution in [3.63, 3.8) is 0 Å². The highest BCUT2D eigenvalue weighted by Crippen LogP contribution is 2.17. The lowest BCUT2D eigenvalue weighted by molar-refractivity contribution is 0.116. The zero-order valence-corrected chi connectivity index (χ0v) is 10.2. The molecule has 0 bridgehead atoms. The first-order chi connectivity index (χ1) is 6.69. The molecule has 1 aliphatic heterocycles. The molecule has 14 heavy (non-hydrogen) atoms. The molecule has 0 aromatic heterocycles. The number of piperazine rings is 1. The molecule has 0 saturated carbocycles. The SMILES string of the molecule is CCCC1CN(C)C(C(C)CC)CN1. The van der Waals surface area contributed by atoms with Crippen LogP contribution in [0.3, 0.4) is 0 Å². The number of hydrogen-bond donors (Lipinski definition) is 1. The fourth-order valence-electron chi connectivity index (χ4n) is 2.44. The molecular weight excluding hydrogens is 172 g/mol. The van der Waals surface area contributed by atoms with Crippen LogP contribution in [0.1, 0.15) is 40.0 Å². The Kier molecular flexibility index (Phi) is 4.90. The molecule has 0 spiro atoms. The van der Waals surface area contributed by atoms with Crippen molar-refractivity contribution in [2.24, 2.45) is 5.92 Å². The summed E-state index contributed by atoms with van der Waals surface area (Å²) in [6.07, 6.45) is 3.90. The summed E-state index contributed by atoms with van der Waals surface area (Å²) in [7, 11) is 2.28. The fourth-order valence-corrected chi connectivity index (χ4v) is 2.44. The normalized spacial score (nSPS) is 31.7. The second-order valence-corrected chi connectivity index (χ2v) is 4.79. The maximum absolute atomic E-state index is 3.67. The van der Waals surface area contributed by atoms with E-state index in [1.165, 1.54) is 32.4 Å². The molecular formula is C12H26N2. The first kappa shape index (κ1) is 12.0. The van der Waals surface area contributed by atoms with E-state index in [9.17, 15) is 0 Å². The lowest BCUT2D eigenvalue weighted by atomic mass is 9.94. The summed E-state index contributed by atoms with van der Waals surface area (Å²) in [5, 5.41) is 3.67. The largest absolute Gasteiger partial charge is 0.311 e. The Morgan fingerprint density at radius 1 is 1.43 bits per heavy atom. The Hall–Kier alpha value is -0.0800. The highest BCUT2D eigenvalue weighted by molar-refractivity contribution is 4.86. The molecule has 2 nitrogen and oxygen atoms in total. The minimum absolute atomic E-state index is 0.727. The van der Waals surface area contributed by atoms with E-state index in [0.29, 0.717) is 0 Å². The Balaban J connectivity index is 2.39. The monoisotopic (exact) mass is 198 g/mol. The van der Waals surface area contributed by atoms with Crippen molar-refractivity contribution < 1.29 is 0 Å². The van der Waals surface area contributed by atoms with Crippen LogP contribution in [-0.4, -0.2) is 37.1 Å². The molecule has 0 aromatic carbocycles. The van der Waals surface area contributed by atoms with Gasteiger partial charge in [-0.2, -0.15) is 0 Å². The molecule has 1 saturated heterocycles. The van der Waals surface area contributed by atoms with E-state index in [2.05, 4.69) is 38.0 Å². The Morgan fingerprint density at radius 3 is 2.64 bits per heavy atom. The Labute approximate surface area is 89.1 Å². The van der Waals surface area contributed by atoms with Gasteiger partial charge in [0, 0.05) is 25.2 Å². The van der Waals surface area contributed by atoms with Crippen LogP contribution in [-0.2, 0) is 0 Å². The summed E-state index contributed by atoms with van der Waals surface area (Å²) in [5.41, 5.74) is 0. The summed E-state index contributed by atoms with van der Waals surface area (Å²) in [4.78, 5) is 2.55. The highest BCUT2D eigenvalue weighted by Gasteiger charge is 2.27. The topological polar surface area (TPSA) is 15.3 Å². The second-order valence-electron chi connectivity index (χ2n) is 4.79. The molecule has 3 unspecified atom stereocenters. The van der Waals surface area contributed by atoms with Crippen LogP contribution in [0, 0.1) is 5.92 Å². The van der Waals surface area contributed by atoms with Gasteiger partial charge in [0.2, 0.25) is 0 Å². The van der Waals surface area contributed by atoms with Gasteiger partial charge in [0.25, 0.3) is 0 Å². The second kappa shape index (κ2) is 5.72. The van der Waals surface area contributed by atoms with E-state index in [1.807, 2.05) is 0 Å². The first-order valence-electron chi connectivity index (χ1n) is 6.12. The molecule has 0 aliphatic carbocycles. The minimum Gasteiger partial charge on any atom is -0.311 e. The molecule has 1 fully saturated rings. The van der Waals surface area contributed by atoms with Crippen LogP contribution in [0.4, 0.5) is 0 Å². The van der Waals surface area contributed by atoms with Crippen molar-refractivity contribution in [3.8, 4) is 0 Å². The number of nitrogens with zero attached hydrogens (tertiary/aromatic N) is 1. The van der Waals surface area contributed by atoms with Gasteiger partial charge in [0.1, 0.15) is 0 Å². The van der Waals surface area contributed by atoms with Crippen LogP contribution in [0.25, 0.3) is 0 Å². The third kappa shape index (κ3) is 2.96. The first-order valence-corrected chi connectivity index (χ1v) is 6.12. The number of likely N-dealkylation sites (N-methyl/N-ethyl adjacent to an activating group) is 1. The van der Waals surface area contributed by atoms with Gasteiger partial charge in [-0.1, -0.05) is 33.6 Å². The van der Waals surface area contributed by atoms with Gasteiger partial charge in [-0.3, -0.25) is 0 Å². The van der Waals surface area contributed by atoms with Gasteiger partial charge >= 0.3 is 0 Å². The summed E-state index contributed by atoms with van der Waals surface area (Å²) in [5.74, 6) is 0.815. The molecule has 84 valence electrons. The van der Waals surface area contributed by atoms with Crippen LogP contribution in [0.15, 0.2) is 0 Å². The van der Waals surface area contributed by atoms with E-state index >= 15 is 0 Å². The Bertz CT molecular complexity index is 158. The highest BCUT2D eigenvalue weighted by atomic mass is 15.2. The van der Waals surface area contributed by atoms with Crippen LogP contribution in [0.5, 0.6) is 0 Å². The predicted molar refractivity (Wildman–Crippen MR) is 62.6 cm³/mol. The molecule has 1 aliphatic rings. The van der Waals surface area contributed by atoms with Crippen molar-refractivity contribution in [2.75, 3.05) is 20.1 Å². The summed E-state index contributed by atoms with van der Waals surface area (Å²) in [6.45, 7) is 9.32. The molecule has 1 rings (SSSR count). The van der Waals surface area contributed by atoms with Crippen molar-refractivity contribution in [3.05, 3.63) is 0 Å². The van der Waals surface area contributed by atoms with E-state index in [4.69, 9.17) is 0 Å². The average molecular weight is 198 g/mol. The van der Waals surface area contributed by atoms with Crippen molar-refractivity contribution >= 4 is 0 Å². The maximum Gasteiger partial charge on any atom is 0.0243 e. The van der Waals surface area contributed by atoms with E-state index in [-0.39, 0.29) is 0 Å². The van der Waals surface area contributed by atoms with Crippen LogP contribution < -0.4 is 5.32 Å². The van der Waals surface area contributed by atoms with Crippen molar-refractivity contribution in [1.29, 1.82) is 0 Å². The predicted octanol–water partition coefficient (Wildman–Crippen LogP) is 2.10. The summed E-state index contributed by atoms with van der Waals surface area (Å²) < 4.78 is 0. The number of rotatable bonds is 4. The lowest BCUT2D eigenvalue weighted by Gasteiger charge is -2.41. The molecule has 2 heteroatoms. The quantitative estimate of drug-likeness (QED) is 0.744. The molecule has 0 radical (unpaired) electrons. The standard InChI is InChI=1S/C12H26N2/c1-5-7-11-9-14(4)12(8-13-11)10(3)6-2/h10-13H,5-9H2,1-4H3. The minimum atomic E-state index is 0.727. The van der Waals surface area contributed by atoms with Gasteiger partial charge in [-0.25, -0.2) is 0 Å². The zero-order valence-electron chi connectivity index (χ0n) is 10.2. The van der Waals surface area contributed by atoms with E-state index in [0.717, 1.165) is 18.0 Å². The fraction of sp³-hybridized carbons (Fsp3) is 1.00. The third-order valence-corrected chi connectivity index (χ3v) is 3.63. The molecule has 1 N–H and O–H groups in total. The average Bonchev–Trinajstić information content (AvgIpc) is 2.17. The summed E-state index contributed by atoms with van der Waals surface area (Å²) in [6, 6.07) is 1.47. The molecule has 1 heterocycles. The van der Waals surface area contributed by atoms with E-state index in [1.54, 1.807) is 0 Å². The van der Waals surface area contributed by atoms with Gasteiger partial charge in [0.05, 0.1) is 0 Å². The molecule has 0 aromatic rings. The number of nitrogens with one attached hydrogen (secondary N) is 1. The van der Waals surface area contributed by atoms with Crippen molar-refractivity contribution in [1.82, 2.24) is 10.2 Å². The van der Waals surface area contributed by atoms with E-state index < -0.39 is 0 Å². The smallest absolute Gasteiger partial charge is 0.0243 e. The molecule has 0 amide bonds. The van der Waals surface area contributed by atoms with Crippen LogP contribution in [0.2, 0.25) is 0 Å².